The van der Waals surface area contributed by atoms with Crippen molar-refractivity contribution in [1.29, 1.82) is 0 Å². The molecule has 41 heavy (non-hydrogen) atoms. The third-order valence-corrected chi connectivity index (χ3v) is 8.46. The molecule has 0 saturated carbocycles. The van der Waals surface area contributed by atoms with Gasteiger partial charge < -0.3 is 18.5 Å². The van der Waals surface area contributed by atoms with E-state index in [4.69, 9.17) is 18.5 Å². The highest BCUT2D eigenvalue weighted by Gasteiger charge is 2.27. The Hall–Kier alpha value is -2.31. The van der Waals surface area contributed by atoms with E-state index in [9.17, 15) is 9.59 Å². The van der Waals surface area contributed by atoms with Crippen LogP contribution in [0.2, 0.25) is 0 Å². The molecule has 1 unspecified atom stereocenters. The predicted octanol–water partition coefficient (Wildman–Crippen LogP) is 9.13. The first-order valence-electron chi connectivity index (χ1n) is 15.2. The average molecular weight is 588 g/mol. The highest BCUT2D eigenvalue weighted by Crippen LogP contribution is 2.47. The summed E-state index contributed by atoms with van der Waals surface area (Å²) < 4.78 is 25.8. The van der Waals surface area contributed by atoms with Gasteiger partial charge in [-0.05, 0) is 75.9 Å². The topological polar surface area (TPSA) is 74.3 Å². The summed E-state index contributed by atoms with van der Waals surface area (Å²) in [5.74, 6) is 0.702. The Bertz CT molecular complexity index is 1000. The van der Waals surface area contributed by atoms with Crippen molar-refractivity contribution in [2.45, 2.75) is 125 Å². The third-order valence-electron chi connectivity index (χ3n) is 6.46. The molecule has 0 spiro atoms. The normalized spacial score (nSPS) is 12.2. The minimum Gasteiger partial charge on any atom is -0.427 e. The molecule has 0 aromatic heterocycles. The predicted molar refractivity (Wildman–Crippen MR) is 166 cm³/mol. The summed E-state index contributed by atoms with van der Waals surface area (Å²) in [5.41, 5.74) is 1.95. The van der Waals surface area contributed by atoms with Crippen LogP contribution in [0.3, 0.4) is 0 Å². The van der Waals surface area contributed by atoms with Crippen molar-refractivity contribution < 1.29 is 28.1 Å². The summed E-state index contributed by atoms with van der Waals surface area (Å²) in [6.07, 6.45) is 8.16. The van der Waals surface area contributed by atoms with Crippen LogP contribution in [0.25, 0.3) is 0 Å². The van der Waals surface area contributed by atoms with Gasteiger partial charge in [-0.3, -0.25) is 9.59 Å². The van der Waals surface area contributed by atoms with Crippen molar-refractivity contribution in [3.63, 3.8) is 0 Å². The molecule has 0 fully saturated rings. The second-order valence-electron chi connectivity index (χ2n) is 10.9. The number of hydrogen-bond donors (Lipinski definition) is 0. The maximum atomic E-state index is 12.2. The van der Waals surface area contributed by atoms with Crippen molar-refractivity contribution in [2.75, 3.05) is 0 Å². The highest BCUT2D eigenvalue weighted by molar-refractivity contribution is 7.44. The minimum atomic E-state index is -1.35. The van der Waals surface area contributed by atoms with Gasteiger partial charge in [-0.15, -0.1) is 0 Å². The number of benzene rings is 2. The summed E-state index contributed by atoms with van der Waals surface area (Å²) in [5, 5.41) is 0. The van der Waals surface area contributed by atoms with Crippen molar-refractivity contribution in [1.82, 2.24) is 4.67 Å². The maximum absolute atomic E-state index is 12.2. The van der Waals surface area contributed by atoms with E-state index in [1.54, 1.807) is 12.1 Å². The van der Waals surface area contributed by atoms with E-state index >= 15 is 0 Å². The van der Waals surface area contributed by atoms with E-state index in [1.807, 2.05) is 43.3 Å². The molecule has 0 aliphatic heterocycles. The number of carbonyl (C=O) groups is 2. The fraction of sp³-hybridized carbons (Fsp3) is 0.576. The average Bonchev–Trinajstić information content (AvgIpc) is 2.94. The van der Waals surface area contributed by atoms with Crippen LogP contribution in [0.1, 0.15) is 110 Å². The number of ether oxygens (including phenoxy) is 2. The molecule has 7 nitrogen and oxygen atoms in total. The largest absolute Gasteiger partial charge is 0.427 e. The molecule has 1 atom stereocenters. The van der Waals surface area contributed by atoms with Gasteiger partial charge in [0.2, 0.25) is 0 Å². The lowest BCUT2D eigenvalue weighted by Crippen LogP contribution is -2.33. The van der Waals surface area contributed by atoms with E-state index in [2.05, 4.69) is 39.3 Å². The van der Waals surface area contributed by atoms with Crippen LogP contribution < -0.4 is 9.47 Å². The molecule has 2 rings (SSSR count). The van der Waals surface area contributed by atoms with Gasteiger partial charge in [0, 0.05) is 24.9 Å². The van der Waals surface area contributed by atoms with E-state index in [1.165, 1.54) is 19.3 Å². The second-order valence-corrected chi connectivity index (χ2v) is 12.3. The smallest absolute Gasteiger partial charge is 0.311 e. The SMILES string of the molecule is CCCCCCCC(=O)Oc1ccc(COP(OCc2ccc(OC(=O)CCCC)cc2)N(C(C)C)C(C)C)cc1. The lowest BCUT2D eigenvalue weighted by Gasteiger charge is -2.35. The molecule has 0 N–H and O–H groups in total. The Morgan fingerprint density at radius 1 is 0.634 bits per heavy atom. The van der Waals surface area contributed by atoms with E-state index < -0.39 is 8.53 Å². The Morgan fingerprint density at radius 3 is 1.46 bits per heavy atom. The van der Waals surface area contributed by atoms with Crippen LogP contribution in [-0.2, 0) is 31.9 Å². The summed E-state index contributed by atoms with van der Waals surface area (Å²) in [7, 11) is -1.35. The molecule has 2 aromatic carbocycles. The van der Waals surface area contributed by atoms with Gasteiger partial charge in [0.25, 0.3) is 8.53 Å². The summed E-state index contributed by atoms with van der Waals surface area (Å²) in [6, 6.07) is 15.4. The quantitative estimate of drug-likeness (QED) is 0.0662. The van der Waals surface area contributed by atoms with Gasteiger partial charge in [-0.2, -0.15) is 0 Å². The molecule has 0 aliphatic rings. The number of rotatable bonds is 20. The zero-order chi connectivity index (χ0) is 30.0. The Labute approximate surface area is 248 Å². The van der Waals surface area contributed by atoms with Crippen molar-refractivity contribution in [3.05, 3.63) is 59.7 Å². The van der Waals surface area contributed by atoms with Gasteiger partial charge >= 0.3 is 11.9 Å². The maximum Gasteiger partial charge on any atom is 0.311 e. The molecular weight excluding hydrogens is 537 g/mol. The van der Waals surface area contributed by atoms with E-state index in [-0.39, 0.29) is 24.0 Å². The first-order chi connectivity index (χ1) is 19.7. The molecule has 8 heteroatoms. The molecule has 2 aromatic rings. The lowest BCUT2D eigenvalue weighted by molar-refractivity contribution is -0.135. The standard InChI is InChI=1S/C33H50NO6P/c1-7-9-11-12-13-15-33(36)40-31-22-18-29(19-23-31)25-38-41(34(26(3)4)27(5)6)37-24-28-16-20-30(21-17-28)39-32(35)14-10-8-2/h16-23,26-27H,7-15,24-25H2,1-6H3. The van der Waals surface area contributed by atoms with Gasteiger partial charge in [-0.25, -0.2) is 4.67 Å². The number of esters is 2. The van der Waals surface area contributed by atoms with E-state index in [0.717, 1.165) is 36.8 Å². The molecule has 0 amide bonds. The van der Waals surface area contributed by atoms with Crippen molar-refractivity contribution in [3.8, 4) is 11.5 Å². The minimum absolute atomic E-state index is 0.186. The molecule has 228 valence electrons. The van der Waals surface area contributed by atoms with Crippen molar-refractivity contribution in [2.24, 2.45) is 0 Å². The molecular formula is C33H50NO6P. The Morgan fingerprint density at radius 2 is 1.05 bits per heavy atom. The van der Waals surface area contributed by atoms with Crippen LogP contribution in [0, 0.1) is 0 Å². The van der Waals surface area contributed by atoms with Crippen molar-refractivity contribution >= 4 is 20.5 Å². The van der Waals surface area contributed by atoms with Crippen LogP contribution in [0.15, 0.2) is 48.5 Å². The molecule has 0 heterocycles. The number of hydrogen-bond acceptors (Lipinski definition) is 7. The monoisotopic (exact) mass is 587 g/mol. The van der Waals surface area contributed by atoms with Gasteiger partial charge in [0.05, 0.1) is 13.2 Å². The third kappa shape index (κ3) is 13.9. The first-order valence-corrected chi connectivity index (χ1v) is 16.3. The summed E-state index contributed by atoms with van der Waals surface area (Å²) >= 11 is 0. The molecule has 0 radical (unpaired) electrons. The van der Waals surface area contributed by atoms with E-state index in [0.29, 0.717) is 37.6 Å². The molecule has 0 aliphatic carbocycles. The molecule has 0 saturated heterocycles. The molecule has 0 bridgehead atoms. The van der Waals surface area contributed by atoms with Crippen LogP contribution in [0.4, 0.5) is 0 Å². The fourth-order valence-corrected chi connectivity index (χ4v) is 5.88. The second kappa shape index (κ2) is 19.7. The van der Waals surface area contributed by atoms with Crippen LogP contribution in [-0.4, -0.2) is 28.7 Å². The Balaban J connectivity index is 1.93. The summed E-state index contributed by atoms with van der Waals surface area (Å²) in [6.45, 7) is 13.5. The lowest BCUT2D eigenvalue weighted by atomic mass is 10.1. The van der Waals surface area contributed by atoms with Gasteiger partial charge in [-0.1, -0.05) is 70.2 Å². The number of unbranched alkanes of at least 4 members (excludes halogenated alkanes) is 5. The summed E-state index contributed by atoms with van der Waals surface area (Å²) in [4.78, 5) is 24.1. The zero-order valence-corrected chi connectivity index (χ0v) is 26.8. The van der Waals surface area contributed by atoms with Gasteiger partial charge in [0.1, 0.15) is 11.5 Å². The first kappa shape index (κ1) is 34.9. The van der Waals surface area contributed by atoms with Gasteiger partial charge in [0.15, 0.2) is 0 Å². The van der Waals surface area contributed by atoms with Crippen LogP contribution >= 0.6 is 8.53 Å². The fourth-order valence-electron chi connectivity index (χ4n) is 4.27. The highest BCUT2D eigenvalue weighted by atomic mass is 31.2. The number of carbonyl (C=O) groups excluding carboxylic acids is 2. The van der Waals surface area contributed by atoms with Crippen LogP contribution in [0.5, 0.6) is 11.5 Å². The number of nitrogens with zero attached hydrogens (tertiary/aromatic N) is 1. The Kier molecular flexibility index (Phi) is 16.8. The zero-order valence-electron chi connectivity index (χ0n) is 25.9.